The van der Waals surface area contributed by atoms with Crippen molar-refractivity contribution in [3.8, 4) is 0 Å². The molecule has 0 unspecified atom stereocenters. The molecule has 0 spiro atoms. The molecule has 1 saturated carbocycles. The van der Waals surface area contributed by atoms with Crippen molar-refractivity contribution >= 4 is 27.9 Å². The van der Waals surface area contributed by atoms with E-state index in [1.54, 1.807) is 16.0 Å². The Morgan fingerprint density at radius 3 is 2.72 bits per heavy atom. The van der Waals surface area contributed by atoms with Crippen LogP contribution in [-0.4, -0.2) is 37.5 Å². The molecule has 3 aromatic rings. The minimum absolute atomic E-state index is 0.0466. The quantitative estimate of drug-likeness (QED) is 0.520. The van der Waals surface area contributed by atoms with E-state index in [0.29, 0.717) is 29.8 Å². The van der Waals surface area contributed by atoms with Crippen LogP contribution >= 0.6 is 11.3 Å². The number of fused-ring (bicyclic) bond motifs is 1. The first-order chi connectivity index (χ1) is 12.2. The van der Waals surface area contributed by atoms with Crippen LogP contribution in [0, 0.1) is 10.1 Å². The number of aromatic nitrogens is 4. The van der Waals surface area contributed by atoms with Crippen molar-refractivity contribution in [2.24, 2.45) is 0 Å². The van der Waals surface area contributed by atoms with Crippen LogP contribution in [0.3, 0.4) is 0 Å². The van der Waals surface area contributed by atoms with E-state index < -0.39 is 0 Å². The van der Waals surface area contributed by atoms with Crippen molar-refractivity contribution in [1.82, 2.24) is 19.5 Å². The van der Waals surface area contributed by atoms with Gasteiger partial charge in [-0.1, -0.05) is 16.5 Å². The number of piperidine rings is 1. The van der Waals surface area contributed by atoms with E-state index in [4.69, 9.17) is 4.52 Å². The molecule has 4 heterocycles. The number of thiazole rings is 1. The van der Waals surface area contributed by atoms with Crippen LogP contribution in [0.5, 0.6) is 0 Å². The highest BCUT2D eigenvalue weighted by Gasteiger charge is 2.34. The molecule has 5 rings (SSSR count). The van der Waals surface area contributed by atoms with Crippen LogP contribution in [0.4, 0.5) is 11.6 Å². The first-order valence-corrected chi connectivity index (χ1v) is 9.27. The fourth-order valence-electron chi connectivity index (χ4n) is 3.40. The summed E-state index contributed by atoms with van der Waals surface area (Å²) in [5.74, 6) is 2.76. The van der Waals surface area contributed by atoms with Gasteiger partial charge in [-0.25, -0.2) is 0 Å². The molecule has 130 valence electrons. The first-order valence-electron chi connectivity index (χ1n) is 8.39. The van der Waals surface area contributed by atoms with Gasteiger partial charge in [-0.15, -0.1) is 0 Å². The molecular formula is C15H16N6O3S. The lowest BCUT2D eigenvalue weighted by molar-refractivity contribution is -0.389. The van der Waals surface area contributed by atoms with Gasteiger partial charge >= 0.3 is 5.82 Å². The summed E-state index contributed by atoms with van der Waals surface area (Å²) in [5.41, 5.74) is 0. The molecule has 1 aliphatic heterocycles. The smallest absolute Gasteiger partial charge is 0.358 e. The van der Waals surface area contributed by atoms with Crippen molar-refractivity contribution in [1.29, 1.82) is 0 Å². The van der Waals surface area contributed by atoms with Crippen LogP contribution < -0.4 is 4.90 Å². The third-order valence-electron chi connectivity index (χ3n) is 4.94. The van der Waals surface area contributed by atoms with Gasteiger partial charge in [0.2, 0.25) is 11.7 Å². The van der Waals surface area contributed by atoms with Crippen LogP contribution in [0.25, 0.3) is 4.96 Å². The Balaban J connectivity index is 1.35. The third kappa shape index (κ3) is 2.48. The van der Waals surface area contributed by atoms with Gasteiger partial charge in [0, 0.05) is 30.3 Å². The van der Waals surface area contributed by atoms with Crippen molar-refractivity contribution in [2.45, 2.75) is 37.5 Å². The fourth-order valence-corrected chi connectivity index (χ4v) is 4.11. The summed E-state index contributed by atoms with van der Waals surface area (Å²) >= 11 is 1.40. The predicted octanol–water partition coefficient (Wildman–Crippen LogP) is 2.95. The molecule has 0 N–H and O–H groups in total. The van der Waals surface area contributed by atoms with E-state index in [2.05, 4.69) is 15.1 Å². The molecule has 2 fully saturated rings. The molecule has 3 aromatic heterocycles. The Kier molecular flexibility index (Phi) is 3.27. The SMILES string of the molecule is O=[N+]([O-])c1c(N2CCC(c3noc(C4CC4)n3)CC2)nc2sccn12. The van der Waals surface area contributed by atoms with E-state index in [-0.39, 0.29) is 16.7 Å². The first kappa shape index (κ1) is 14.8. The van der Waals surface area contributed by atoms with Crippen molar-refractivity contribution in [2.75, 3.05) is 18.0 Å². The number of rotatable bonds is 4. The molecule has 1 aliphatic carbocycles. The molecule has 2 aliphatic rings. The van der Waals surface area contributed by atoms with Gasteiger partial charge in [-0.05, 0) is 30.6 Å². The summed E-state index contributed by atoms with van der Waals surface area (Å²) in [6.07, 6.45) is 5.65. The number of hydrogen-bond donors (Lipinski definition) is 0. The molecule has 1 saturated heterocycles. The molecule has 0 radical (unpaired) electrons. The second kappa shape index (κ2) is 5.51. The zero-order valence-electron chi connectivity index (χ0n) is 13.4. The van der Waals surface area contributed by atoms with Crippen molar-refractivity contribution in [3.05, 3.63) is 33.4 Å². The largest absolute Gasteiger partial charge is 0.373 e. The van der Waals surface area contributed by atoms with Gasteiger partial charge in [0.25, 0.3) is 4.96 Å². The summed E-state index contributed by atoms with van der Waals surface area (Å²) in [7, 11) is 0. The summed E-state index contributed by atoms with van der Waals surface area (Å²) in [6, 6.07) is 0. The van der Waals surface area contributed by atoms with E-state index in [1.165, 1.54) is 11.3 Å². The minimum atomic E-state index is -0.352. The standard InChI is InChI=1S/C15H16N6O3S/c22-21(23)14-12(17-15-20(14)7-8-25-15)19-5-3-9(4-6-19)11-16-13(24-18-11)10-1-2-10/h7-10H,1-6H2. The van der Waals surface area contributed by atoms with E-state index in [9.17, 15) is 10.1 Å². The summed E-state index contributed by atoms with van der Waals surface area (Å²) in [4.78, 5) is 22.8. The average molecular weight is 360 g/mol. The van der Waals surface area contributed by atoms with Gasteiger partial charge in [0.1, 0.15) is 6.20 Å². The highest BCUT2D eigenvalue weighted by Crippen LogP contribution is 2.40. The summed E-state index contributed by atoms with van der Waals surface area (Å²) < 4.78 is 6.90. The van der Waals surface area contributed by atoms with E-state index in [1.807, 2.05) is 4.90 Å². The van der Waals surface area contributed by atoms with E-state index in [0.717, 1.165) is 37.4 Å². The predicted molar refractivity (Wildman–Crippen MR) is 90.2 cm³/mol. The Morgan fingerprint density at radius 2 is 2.00 bits per heavy atom. The van der Waals surface area contributed by atoms with E-state index >= 15 is 0 Å². The lowest BCUT2D eigenvalue weighted by Gasteiger charge is -2.30. The highest BCUT2D eigenvalue weighted by atomic mass is 32.1. The van der Waals surface area contributed by atoms with Crippen molar-refractivity contribution < 1.29 is 9.45 Å². The van der Waals surface area contributed by atoms with Crippen LogP contribution in [0.2, 0.25) is 0 Å². The number of nitro groups is 1. The number of hydrogen-bond acceptors (Lipinski definition) is 8. The molecule has 9 nitrogen and oxygen atoms in total. The van der Waals surface area contributed by atoms with Gasteiger partial charge < -0.3 is 19.5 Å². The third-order valence-corrected chi connectivity index (χ3v) is 5.69. The van der Waals surface area contributed by atoms with Gasteiger partial charge in [0.05, 0.1) is 0 Å². The second-order valence-electron chi connectivity index (χ2n) is 6.60. The fraction of sp³-hybridized carbons (Fsp3) is 0.533. The topological polar surface area (TPSA) is 103 Å². The Bertz CT molecular complexity index is 934. The minimum Gasteiger partial charge on any atom is -0.358 e. The van der Waals surface area contributed by atoms with Crippen LogP contribution in [0.1, 0.15) is 49.2 Å². The number of anilines is 1. The Labute approximate surface area is 146 Å². The zero-order valence-corrected chi connectivity index (χ0v) is 14.2. The summed E-state index contributed by atoms with van der Waals surface area (Å²) in [5, 5.41) is 17.4. The lowest BCUT2D eigenvalue weighted by atomic mass is 9.96. The van der Waals surface area contributed by atoms with Gasteiger partial charge in [0.15, 0.2) is 5.82 Å². The molecule has 10 heteroatoms. The average Bonchev–Trinajstić information content (AvgIpc) is 3.04. The number of nitrogens with zero attached hydrogens (tertiary/aromatic N) is 6. The molecule has 0 atom stereocenters. The maximum Gasteiger partial charge on any atom is 0.373 e. The lowest BCUT2D eigenvalue weighted by Crippen LogP contribution is -2.33. The Hall–Kier alpha value is -2.49. The van der Waals surface area contributed by atoms with Crippen LogP contribution in [0.15, 0.2) is 16.1 Å². The molecular weight excluding hydrogens is 344 g/mol. The van der Waals surface area contributed by atoms with Gasteiger partial charge in [-0.3, -0.25) is 0 Å². The molecule has 0 aromatic carbocycles. The monoisotopic (exact) mass is 360 g/mol. The van der Waals surface area contributed by atoms with Gasteiger partial charge in [-0.2, -0.15) is 14.4 Å². The Morgan fingerprint density at radius 1 is 1.20 bits per heavy atom. The molecule has 25 heavy (non-hydrogen) atoms. The summed E-state index contributed by atoms with van der Waals surface area (Å²) in [6.45, 7) is 1.40. The van der Waals surface area contributed by atoms with Crippen LogP contribution in [-0.2, 0) is 0 Å². The maximum atomic E-state index is 11.5. The molecule has 0 amide bonds. The zero-order chi connectivity index (χ0) is 17.0. The highest BCUT2D eigenvalue weighted by molar-refractivity contribution is 7.15. The van der Waals surface area contributed by atoms with Crippen molar-refractivity contribution in [3.63, 3.8) is 0 Å². The maximum absolute atomic E-state index is 11.5. The molecule has 0 bridgehead atoms. The normalized spacial score (nSPS) is 19.0. The number of imidazole rings is 1. The second-order valence-corrected chi connectivity index (χ2v) is 7.47.